The number of hydrogen-bond acceptors (Lipinski definition) is 3. The highest BCUT2D eigenvalue weighted by molar-refractivity contribution is 6.33. The number of aromatic nitrogens is 4. The average molecular weight is 219 g/mol. The predicted octanol–water partition coefficient (Wildman–Crippen LogP) is 1.95. The number of nitrogens with zero attached hydrogens (tertiary/aromatic N) is 4. The molecule has 0 saturated heterocycles. The summed E-state index contributed by atoms with van der Waals surface area (Å²) >= 11 is 5.68. The highest BCUT2D eigenvalue weighted by atomic mass is 35.5. The molecule has 0 fully saturated rings. The molecule has 74 valence electrons. The molecule has 4 nitrogen and oxygen atoms in total. The smallest absolute Gasteiger partial charge is 0.295 e. The van der Waals surface area contributed by atoms with Gasteiger partial charge >= 0.3 is 0 Å². The predicted molar refractivity (Wildman–Crippen MR) is 46.3 cm³/mol. The molecule has 14 heavy (non-hydrogen) atoms. The van der Waals surface area contributed by atoms with E-state index in [1.54, 1.807) is 0 Å². The first-order valence-corrected chi connectivity index (χ1v) is 4.10. The maximum absolute atomic E-state index is 12.4. The van der Waals surface area contributed by atoms with Gasteiger partial charge in [-0.05, 0) is 0 Å². The summed E-state index contributed by atoms with van der Waals surface area (Å²) in [5.41, 5.74) is 0.507. The molecule has 0 amide bonds. The Labute approximate surface area is 82.6 Å². The van der Waals surface area contributed by atoms with Crippen molar-refractivity contribution >= 4 is 22.8 Å². The summed E-state index contributed by atoms with van der Waals surface area (Å²) in [6.07, 6.45) is -1.44. The van der Waals surface area contributed by atoms with Gasteiger partial charge in [0.15, 0.2) is 16.6 Å². The number of hydrogen-bond donors (Lipinski definition) is 0. The Bertz CT molecular complexity index is 482. The van der Waals surface area contributed by atoms with E-state index in [0.717, 1.165) is 0 Å². The average Bonchev–Trinajstić information content (AvgIpc) is 2.46. The van der Waals surface area contributed by atoms with Gasteiger partial charge in [-0.3, -0.25) is 0 Å². The van der Waals surface area contributed by atoms with Crippen LogP contribution in [0.5, 0.6) is 0 Å². The molecule has 2 aromatic heterocycles. The summed E-state index contributed by atoms with van der Waals surface area (Å²) in [5, 5.41) is 0.0810. The summed E-state index contributed by atoms with van der Waals surface area (Å²) in [4.78, 5) is 11.1. The number of fused-ring (bicyclic) bond motifs is 1. The minimum Gasteiger partial charge on any atom is -0.311 e. The van der Waals surface area contributed by atoms with Crippen LogP contribution in [0, 0.1) is 0 Å². The van der Waals surface area contributed by atoms with Crippen molar-refractivity contribution in [2.75, 3.05) is 0 Å². The summed E-state index contributed by atoms with van der Waals surface area (Å²) in [6, 6.07) is 0. The number of rotatable bonds is 1. The fraction of sp³-hybridized carbons (Fsp3) is 0.286. The van der Waals surface area contributed by atoms with Crippen LogP contribution in [0.25, 0.3) is 11.2 Å². The molecule has 2 aromatic rings. The third-order valence-corrected chi connectivity index (χ3v) is 2.12. The lowest BCUT2D eigenvalue weighted by molar-refractivity contribution is 0.137. The first-order chi connectivity index (χ1) is 6.61. The highest BCUT2D eigenvalue weighted by Gasteiger charge is 2.18. The largest absolute Gasteiger partial charge is 0.311 e. The Hall–Kier alpha value is -1.30. The van der Waals surface area contributed by atoms with Crippen molar-refractivity contribution in [3.63, 3.8) is 0 Å². The minimum atomic E-state index is -2.65. The van der Waals surface area contributed by atoms with Crippen LogP contribution >= 0.6 is 11.6 Å². The third-order valence-electron chi connectivity index (χ3n) is 1.84. The molecule has 0 bridgehead atoms. The normalized spacial score (nSPS) is 11.5. The first kappa shape index (κ1) is 9.26. The molecule has 0 aliphatic heterocycles. The van der Waals surface area contributed by atoms with Crippen LogP contribution in [-0.2, 0) is 7.05 Å². The molecule has 7 heteroatoms. The first-order valence-electron chi connectivity index (χ1n) is 3.72. The standard InChI is InChI=1S/C7H5ClF2N4/c1-14-6-3(4(8)11-2-12-6)13-7(14)5(9)10/h2,5H,1H3. The Kier molecular flexibility index (Phi) is 2.07. The van der Waals surface area contributed by atoms with Gasteiger partial charge in [-0.15, -0.1) is 0 Å². The molecule has 0 aliphatic carbocycles. The second-order valence-corrected chi connectivity index (χ2v) is 3.02. The Morgan fingerprint density at radius 1 is 1.43 bits per heavy atom. The molecule has 0 aliphatic rings. The molecule has 0 radical (unpaired) electrons. The molecular formula is C7H5ClF2N4. The van der Waals surface area contributed by atoms with E-state index in [4.69, 9.17) is 11.6 Å². The van der Waals surface area contributed by atoms with Crippen molar-refractivity contribution in [1.29, 1.82) is 0 Å². The molecule has 0 unspecified atom stereocenters. The number of imidazole rings is 1. The molecule has 0 saturated carbocycles. The summed E-state index contributed by atoms with van der Waals surface area (Å²) < 4.78 is 26.0. The van der Waals surface area contributed by atoms with Crippen LogP contribution in [0.1, 0.15) is 12.2 Å². The molecule has 2 rings (SSSR count). The lowest BCUT2D eigenvalue weighted by Gasteiger charge is -1.98. The van der Waals surface area contributed by atoms with Gasteiger partial charge in [0, 0.05) is 7.05 Å². The van der Waals surface area contributed by atoms with E-state index in [0.29, 0.717) is 5.65 Å². The number of alkyl halides is 2. The molecule has 0 atom stereocenters. The maximum atomic E-state index is 12.4. The second kappa shape index (κ2) is 3.13. The Balaban J connectivity index is 2.80. The zero-order chi connectivity index (χ0) is 10.3. The van der Waals surface area contributed by atoms with Crippen LogP contribution < -0.4 is 0 Å². The van der Waals surface area contributed by atoms with Crippen molar-refractivity contribution in [2.24, 2.45) is 7.05 Å². The molecule has 0 N–H and O–H groups in total. The van der Waals surface area contributed by atoms with Crippen molar-refractivity contribution < 1.29 is 8.78 Å². The van der Waals surface area contributed by atoms with E-state index in [-0.39, 0.29) is 16.5 Å². The Morgan fingerprint density at radius 3 is 2.71 bits per heavy atom. The van der Waals surface area contributed by atoms with Crippen LogP contribution in [0.4, 0.5) is 8.78 Å². The fourth-order valence-corrected chi connectivity index (χ4v) is 1.35. The number of aryl methyl sites for hydroxylation is 1. The van der Waals surface area contributed by atoms with Gasteiger partial charge in [-0.25, -0.2) is 23.7 Å². The van der Waals surface area contributed by atoms with Gasteiger partial charge in [0.25, 0.3) is 6.43 Å². The minimum absolute atomic E-state index is 0.0810. The van der Waals surface area contributed by atoms with Crippen LogP contribution in [0.3, 0.4) is 0 Å². The maximum Gasteiger partial charge on any atom is 0.295 e. The monoisotopic (exact) mass is 218 g/mol. The van der Waals surface area contributed by atoms with Gasteiger partial charge in [-0.2, -0.15) is 0 Å². The van der Waals surface area contributed by atoms with Gasteiger partial charge in [0.05, 0.1) is 0 Å². The number of halogens is 3. The van der Waals surface area contributed by atoms with E-state index in [9.17, 15) is 8.78 Å². The van der Waals surface area contributed by atoms with E-state index in [1.807, 2.05) is 0 Å². The van der Waals surface area contributed by atoms with E-state index >= 15 is 0 Å². The lowest BCUT2D eigenvalue weighted by atomic mass is 10.6. The van der Waals surface area contributed by atoms with E-state index in [1.165, 1.54) is 17.9 Å². The van der Waals surface area contributed by atoms with Crippen LogP contribution in [0.2, 0.25) is 5.15 Å². The zero-order valence-electron chi connectivity index (χ0n) is 7.08. The second-order valence-electron chi connectivity index (χ2n) is 2.67. The highest BCUT2D eigenvalue weighted by Crippen LogP contribution is 2.24. The summed E-state index contributed by atoms with van der Waals surface area (Å²) in [5.74, 6) is -0.359. The van der Waals surface area contributed by atoms with Crippen LogP contribution in [0.15, 0.2) is 6.33 Å². The van der Waals surface area contributed by atoms with Gasteiger partial charge in [-0.1, -0.05) is 11.6 Å². The molecule has 0 aromatic carbocycles. The lowest BCUT2D eigenvalue weighted by Crippen LogP contribution is -1.98. The quantitative estimate of drug-likeness (QED) is 0.688. The summed E-state index contributed by atoms with van der Waals surface area (Å²) in [6.45, 7) is 0. The molecule has 2 heterocycles. The third kappa shape index (κ3) is 1.22. The van der Waals surface area contributed by atoms with E-state index in [2.05, 4.69) is 15.0 Å². The Morgan fingerprint density at radius 2 is 2.14 bits per heavy atom. The van der Waals surface area contributed by atoms with Crippen molar-refractivity contribution in [2.45, 2.75) is 6.43 Å². The molecular weight excluding hydrogens is 214 g/mol. The van der Waals surface area contributed by atoms with Crippen molar-refractivity contribution in [3.8, 4) is 0 Å². The van der Waals surface area contributed by atoms with Crippen molar-refractivity contribution in [1.82, 2.24) is 19.5 Å². The molecule has 0 spiro atoms. The van der Waals surface area contributed by atoms with Crippen molar-refractivity contribution in [3.05, 3.63) is 17.3 Å². The van der Waals surface area contributed by atoms with Gasteiger partial charge in [0.2, 0.25) is 0 Å². The van der Waals surface area contributed by atoms with Crippen LogP contribution in [-0.4, -0.2) is 19.5 Å². The fourth-order valence-electron chi connectivity index (χ4n) is 1.18. The topological polar surface area (TPSA) is 43.6 Å². The zero-order valence-corrected chi connectivity index (χ0v) is 7.83. The van der Waals surface area contributed by atoms with Gasteiger partial charge < -0.3 is 4.57 Å². The summed E-state index contributed by atoms with van der Waals surface area (Å²) in [7, 11) is 1.46. The SMILES string of the molecule is Cn1c(C(F)F)nc2c(Cl)ncnc21. The van der Waals surface area contributed by atoms with E-state index < -0.39 is 6.43 Å². The van der Waals surface area contributed by atoms with Gasteiger partial charge in [0.1, 0.15) is 11.8 Å².